The van der Waals surface area contributed by atoms with Gasteiger partial charge in [-0.2, -0.15) is 5.26 Å². The van der Waals surface area contributed by atoms with E-state index in [1.807, 2.05) is 6.07 Å². The summed E-state index contributed by atoms with van der Waals surface area (Å²) in [6, 6.07) is 10.5. The van der Waals surface area contributed by atoms with Crippen LogP contribution < -0.4 is 24.3 Å². The summed E-state index contributed by atoms with van der Waals surface area (Å²) in [5.41, 5.74) is 1.10. The molecule has 0 fully saturated rings. The van der Waals surface area contributed by atoms with E-state index in [-0.39, 0.29) is 12.4 Å². The first kappa shape index (κ1) is 17.2. The zero-order valence-electron chi connectivity index (χ0n) is 14.0. The Labute approximate surface area is 163 Å². The van der Waals surface area contributed by atoms with Gasteiger partial charge in [0.15, 0.2) is 23.0 Å². The van der Waals surface area contributed by atoms with Crippen LogP contribution in [0.5, 0.6) is 23.0 Å². The molecule has 2 aromatic rings. The summed E-state index contributed by atoms with van der Waals surface area (Å²) >= 11 is 3.39. The second-order valence-corrected chi connectivity index (χ2v) is 6.57. The van der Waals surface area contributed by atoms with Gasteiger partial charge in [-0.15, -0.1) is 0 Å². The molecule has 0 saturated carbocycles. The van der Waals surface area contributed by atoms with Crippen molar-refractivity contribution in [2.24, 2.45) is 0 Å². The average molecular weight is 429 g/mol. The Morgan fingerprint density at radius 2 is 1.89 bits per heavy atom. The molecule has 4 rings (SSSR count). The van der Waals surface area contributed by atoms with Crippen molar-refractivity contribution in [1.29, 1.82) is 5.26 Å². The molecule has 27 heavy (non-hydrogen) atoms. The van der Waals surface area contributed by atoms with Gasteiger partial charge in [-0.1, -0.05) is 0 Å². The molecular weight excluding hydrogens is 416 g/mol. The highest BCUT2D eigenvalue weighted by molar-refractivity contribution is 9.10. The molecule has 0 aromatic heterocycles. The maximum Gasteiger partial charge on any atom is 0.266 e. The first-order valence-electron chi connectivity index (χ1n) is 8.06. The quantitative estimate of drug-likeness (QED) is 0.594. The van der Waals surface area contributed by atoms with E-state index in [2.05, 4.69) is 21.2 Å². The Morgan fingerprint density at radius 3 is 2.70 bits per heavy atom. The highest BCUT2D eigenvalue weighted by atomic mass is 79.9. The van der Waals surface area contributed by atoms with Gasteiger partial charge >= 0.3 is 0 Å². The van der Waals surface area contributed by atoms with Crippen molar-refractivity contribution < 1.29 is 23.7 Å². The van der Waals surface area contributed by atoms with Gasteiger partial charge in [0.1, 0.15) is 24.9 Å². The Kier molecular flexibility index (Phi) is 4.60. The van der Waals surface area contributed by atoms with Gasteiger partial charge in [0.2, 0.25) is 6.79 Å². The molecule has 0 radical (unpaired) electrons. The predicted octanol–water partition coefficient (Wildman–Crippen LogP) is 3.49. The van der Waals surface area contributed by atoms with Crippen molar-refractivity contribution in [3.8, 4) is 29.1 Å². The van der Waals surface area contributed by atoms with Crippen molar-refractivity contribution >= 4 is 33.6 Å². The number of benzene rings is 2. The number of anilines is 1. The molecule has 1 amide bonds. The van der Waals surface area contributed by atoms with Gasteiger partial charge in [-0.05, 0) is 51.8 Å². The lowest BCUT2D eigenvalue weighted by atomic mass is 10.1. The van der Waals surface area contributed by atoms with Gasteiger partial charge in [-0.3, -0.25) is 4.79 Å². The van der Waals surface area contributed by atoms with E-state index in [1.165, 1.54) is 6.08 Å². The minimum Gasteiger partial charge on any atom is -0.486 e. The Morgan fingerprint density at radius 1 is 1.07 bits per heavy atom. The third-order valence-corrected chi connectivity index (χ3v) is 4.51. The third kappa shape index (κ3) is 3.55. The first-order chi connectivity index (χ1) is 13.1. The van der Waals surface area contributed by atoms with Crippen LogP contribution in [0.25, 0.3) is 6.08 Å². The summed E-state index contributed by atoms with van der Waals surface area (Å²) in [7, 11) is 0. The van der Waals surface area contributed by atoms with Crippen LogP contribution in [0.4, 0.5) is 5.69 Å². The third-order valence-electron chi connectivity index (χ3n) is 3.93. The van der Waals surface area contributed by atoms with Crippen LogP contribution in [-0.4, -0.2) is 25.9 Å². The van der Waals surface area contributed by atoms with E-state index in [0.717, 1.165) is 0 Å². The SMILES string of the molecule is N#C/C(=C\c1cc(Br)c2c(c1)OCO2)C(=O)Nc1ccc2c(c1)OCCO2. The Hall–Kier alpha value is -3.18. The number of fused-ring (bicyclic) bond motifs is 2. The topological polar surface area (TPSA) is 89.8 Å². The van der Waals surface area contributed by atoms with Gasteiger partial charge in [0, 0.05) is 11.8 Å². The van der Waals surface area contributed by atoms with E-state index in [4.69, 9.17) is 18.9 Å². The molecule has 7 nitrogen and oxygen atoms in total. The monoisotopic (exact) mass is 428 g/mol. The lowest BCUT2D eigenvalue weighted by Crippen LogP contribution is -2.17. The molecular formula is C19H13BrN2O5. The standard InChI is InChI=1S/C19H13BrN2O5/c20-14-6-11(7-17-18(14)27-10-26-17)5-12(9-21)19(23)22-13-1-2-15-16(8-13)25-4-3-24-15/h1-2,5-8H,3-4,10H2,(H,22,23)/b12-5+. The molecule has 2 aliphatic rings. The van der Waals surface area contributed by atoms with Crippen LogP contribution in [0.1, 0.15) is 5.56 Å². The molecule has 0 spiro atoms. The summed E-state index contributed by atoms with van der Waals surface area (Å²) in [5.74, 6) is 1.82. The van der Waals surface area contributed by atoms with Gasteiger partial charge in [-0.25, -0.2) is 0 Å². The minimum atomic E-state index is -0.525. The molecule has 2 aromatic carbocycles. The molecule has 2 heterocycles. The van der Waals surface area contributed by atoms with Crippen LogP contribution in [-0.2, 0) is 4.79 Å². The van der Waals surface area contributed by atoms with E-state index in [9.17, 15) is 10.1 Å². The highest BCUT2D eigenvalue weighted by Crippen LogP contribution is 2.40. The van der Waals surface area contributed by atoms with Crippen LogP contribution in [0.3, 0.4) is 0 Å². The summed E-state index contributed by atoms with van der Waals surface area (Å²) in [4.78, 5) is 12.5. The normalized spacial score (nSPS) is 14.4. The van der Waals surface area contributed by atoms with Gasteiger partial charge < -0.3 is 24.3 Å². The number of nitriles is 1. The number of nitrogens with zero attached hydrogens (tertiary/aromatic N) is 1. The average Bonchev–Trinajstić information content (AvgIpc) is 3.15. The second-order valence-electron chi connectivity index (χ2n) is 5.72. The molecule has 0 saturated heterocycles. The molecule has 2 aliphatic heterocycles. The molecule has 0 bridgehead atoms. The summed E-state index contributed by atoms with van der Waals surface area (Å²) in [5, 5.41) is 12.1. The number of ether oxygens (including phenoxy) is 4. The maximum atomic E-state index is 12.5. The zero-order valence-corrected chi connectivity index (χ0v) is 15.5. The lowest BCUT2D eigenvalue weighted by molar-refractivity contribution is -0.112. The number of hydrogen-bond donors (Lipinski definition) is 1. The van der Waals surface area contributed by atoms with E-state index >= 15 is 0 Å². The molecule has 0 atom stereocenters. The number of carbonyl (C=O) groups is 1. The summed E-state index contributed by atoms with van der Waals surface area (Å²) < 4.78 is 22.3. The first-order valence-corrected chi connectivity index (χ1v) is 8.85. The van der Waals surface area contributed by atoms with E-state index < -0.39 is 5.91 Å². The minimum absolute atomic E-state index is 0.0457. The van der Waals surface area contributed by atoms with Gasteiger partial charge in [0.25, 0.3) is 5.91 Å². The molecule has 8 heteroatoms. The van der Waals surface area contributed by atoms with Crippen LogP contribution >= 0.6 is 15.9 Å². The fourth-order valence-electron chi connectivity index (χ4n) is 2.71. The van der Waals surface area contributed by atoms with Crippen LogP contribution in [0.2, 0.25) is 0 Å². The molecule has 0 aliphatic carbocycles. The lowest BCUT2D eigenvalue weighted by Gasteiger charge is -2.18. The fraction of sp³-hybridized carbons (Fsp3) is 0.158. The number of nitrogens with one attached hydrogen (secondary N) is 1. The maximum absolute atomic E-state index is 12.5. The predicted molar refractivity (Wildman–Crippen MR) is 99.9 cm³/mol. The van der Waals surface area contributed by atoms with Crippen molar-refractivity contribution in [3.05, 3.63) is 45.9 Å². The summed E-state index contributed by atoms with van der Waals surface area (Å²) in [6.45, 7) is 1.08. The summed E-state index contributed by atoms with van der Waals surface area (Å²) in [6.07, 6.45) is 1.49. The largest absolute Gasteiger partial charge is 0.486 e. The van der Waals surface area contributed by atoms with Crippen molar-refractivity contribution in [3.63, 3.8) is 0 Å². The zero-order chi connectivity index (χ0) is 18.8. The Bertz CT molecular complexity index is 996. The van der Waals surface area contributed by atoms with Crippen molar-refractivity contribution in [2.45, 2.75) is 0 Å². The Balaban J connectivity index is 1.56. The van der Waals surface area contributed by atoms with Crippen molar-refractivity contribution in [1.82, 2.24) is 0 Å². The second kappa shape index (κ2) is 7.21. The number of hydrogen-bond acceptors (Lipinski definition) is 6. The van der Waals surface area contributed by atoms with Gasteiger partial charge in [0.05, 0.1) is 4.47 Å². The van der Waals surface area contributed by atoms with Crippen LogP contribution in [0.15, 0.2) is 40.4 Å². The number of halogens is 1. The number of amides is 1. The number of carbonyl (C=O) groups excluding carboxylic acids is 1. The van der Waals surface area contributed by atoms with Crippen LogP contribution in [0, 0.1) is 11.3 Å². The smallest absolute Gasteiger partial charge is 0.266 e. The van der Waals surface area contributed by atoms with E-state index in [0.29, 0.717) is 51.9 Å². The highest BCUT2D eigenvalue weighted by Gasteiger charge is 2.19. The fourth-order valence-corrected chi connectivity index (χ4v) is 3.28. The molecule has 1 N–H and O–H groups in total. The van der Waals surface area contributed by atoms with E-state index in [1.54, 1.807) is 30.3 Å². The van der Waals surface area contributed by atoms with Crippen molar-refractivity contribution in [2.75, 3.05) is 25.3 Å². The number of rotatable bonds is 3. The molecule has 136 valence electrons. The molecule has 0 unspecified atom stereocenters.